The molecule has 0 bridgehead atoms. The monoisotopic (exact) mass is 372 g/mol. The van der Waals surface area contributed by atoms with Gasteiger partial charge in [-0.05, 0) is 30.3 Å². The molecule has 0 amide bonds. The fourth-order valence-electron chi connectivity index (χ4n) is 2.34. The van der Waals surface area contributed by atoms with Crippen LogP contribution in [0.5, 0.6) is 17.2 Å². The van der Waals surface area contributed by atoms with Crippen LogP contribution in [-0.2, 0) is 0 Å². The van der Waals surface area contributed by atoms with Gasteiger partial charge in [-0.3, -0.25) is 0 Å². The van der Waals surface area contributed by atoms with Crippen LogP contribution in [-0.4, -0.2) is 40.6 Å². The molecule has 0 radical (unpaired) electrons. The highest BCUT2D eigenvalue weighted by Crippen LogP contribution is 2.36. The summed E-state index contributed by atoms with van der Waals surface area (Å²) in [4.78, 5) is 0. The van der Waals surface area contributed by atoms with Crippen LogP contribution in [0, 0.1) is 0 Å². The van der Waals surface area contributed by atoms with E-state index in [1.54, 1.807) is 12.1 Å². The van der Waals surface area contributed by atoms with Crippen molar-refractivity contribution in [2.45, 2.75) is 11.3 Å². The standard InChI is InChI=1S/C18H16N2O5S/c21-13(9-22-14-4-2-1-3-5-14)10-26-18-20-19-17(25-18)12-6-7-15-16(8-12)24-11-23-15/h1-8,13,21H,9-11H2/t13-/m0/s1. The molecule has 1 aromatic heterocycles. The maximum atomic E-state index is 10.0. The van der Waals surface area contributed by atoms with Crippen LogP contribution in [0.4, 0.5) is 0 Å². The molecule has 1 atom stereocenters. The Morgan fingerprint density at radius 3 is 2.81 bits per heavy atom. The minimum absolute atomic E-state index is 0.195. The molecule has 0 spiro atoms. The molecule has 0 fully saturated rings. The van der Waals surface area contributed by atoms with Gasteiger partial charge in [0, 0.05) is 11.3 Å². The van der Waals surface area contributed by atoms with Gasteiger partial charge in [-0.15, -0.1) is 10.2 Å². The number of para-hydroxylation sites is 1. The zero-order valence-electron chi connectivity index (χ0n) is 13.7. The minimum Gasteiger partial charge on any atom is -0.491 e. The van der Waals surface area contributed by atoms with E-state index >= 15 is 0 Å². The van der Waals surface area contributed by atoms with Crippen LogP contribution in [0.15, 0.2) is 58.2 Å². The first-order valence-corrected chi connectivity index (χ1v) is 8.99. The average Bonchev–Trinajstić information content (AvgIpc) is 3.34. The highest BCUT2D eigenvalue weighted by atomic mass is 32.2. The lowest BCUT2D eigenvalue weighted by atomic mass is 10.2. The van der Waals surface area contributed by atoms with E-state index in [4.69, 9.17) is 18.6 Å². The smallest absolute Gasteiger partial charge is 0.276 e. The van der Waals surface area contributed by atoms with Crippen LogP contribution in [0.3, 0.4) is 0 Å². The molecule has 1 aliphatic rings. The van der Waals surface area contributed by atoms with Gasteiger partial charge in [0.1, 0.15) is 12.4 Å². The number of aromatic nitrogens is 2. The molecule has 26 heavy (non-hydrogen) atoms. The van der Waals surface area contributed by atoms with Gasteiger partial charge < -0.3 is 23.7 Å². The largest absolute Gasteiger partial charge is 0.491 e. The van der Waals surface area contributed by atoms with Crippen molar-refractivity contribution in [2.24, 2.45) is 0 Å². The fraction of sp³-hybridized carbons (Fsp3) is 0.222. The molecule has 4 rings (SSSR count). The minimum atomic E-state index is -0.652. The van der Waals surface area contributed by atoms with Crippen LogP contribution in [0.1, 0.15) is 0 Å². The van der Waals surface area contributed by atoms with E-state index in [-0.39, 0.29) is 13.4 Å². The molecule has 7 nitrogen and oxygen atoms in total. The highest BCUT2D eigenvalue weighted by molar-refractivity contribution is 7.99. The number of hydrogen-bond donors (Lipinski definition) is 1. The van der Waals surface area contributed by atoms with E-state index in [0.29, 0.717) is 28.4 Å². The Bertz CT molecular complexity index is 871. The number of nitrogens with zero attached hydrogens (tertiary/aromatic N) is 2. The molecule has 0 unspecified atom stereocenters. The number of aliphatic hydroxyl groups excluding tert-OH is 1. The van der Waals surface area contributed by atoms with Gasteiger partial charge in [-0.2, -0.15) is 0 Å². The average molecular weight is 372 g/mol. The van der Waals surface area contributed by atoms with E-state index in [0.717, 1.165) is 11.3 Å². The third-order valence-electron chi connectivity index (χ3n) is 3.61. The predicted molar refractivity (Wildman–Crippen MR) is 94.5 cm³/mol. The summed E-state index contributed by atoms with van der Waals surface area (Å²) in [5, 5.41) is 18.5. The second kappa shape index (κ2) is 7.67. The molecule has 3 aromatic rings. The van der Waals surface area contributed by atoms with Gasteiger partial charge in [-0.1, -0.05) is 30.0 Å². The lowest BCUT2D eigenvalue weighted by Crippen LogP contribution is -2.20. The molecule has 1 N–H and O–H groups in total. The normalized spacial score (nSPS) is 13.6. The first-order valence-electron chi connectivity index (χ1n) is 8.00. The molecule has 0 saturated carbocycles. The highest BCUT2D eigenvalue weighted by Gasteiger charge is 2.17. The van der Waals surface area contributed by atoms with E-state index in [1.165, 1.54) is 11.8 Å². The van der Waals surface area contributed by atoms with Gasteiger partial charge in [-0.25, -0.2) is 0 Å². The summed E-state index contributed by atoms with van der Waals surface area (Å²) >= 11 is 1.28. The number of fused-ring (bicyclic) bond motifs is 1. The summed E-state index contributed by atoms with van der Waals surface area (Å²) in [7, 11) is 0. The Hall–Kier alpha value is -2.71. The molecular formula is C18H16N2O5S. The van der Waals surface area contributed by atoms with Crippen LogP contribution < -0.4 is 14.2 Å². The van der Waals surface area contributed by atoms with Gasteiger partial charge in [0.15, 0.2) is 11.5 Å². The van der Waals surface area contributed by atoms with Gasteiger partial charge in [0.25, 0.3) is 5.22 Å². The second-order valence-corrected chi connectivity index (χ2v) is 6.50. The number of rotatable bonds is 7. The Labute approximate surface area is 153 Å². The Morgan fingerprint density at radius 2 is 1.92 bits per heavy atom. The Morgan fingerprint density at radius 1 is 1.08 bits per heavy atom. The van der Waals surface area contributed by atoms with Gasteiger partial charge in [0.05, 0.1) is 6.10 Å². The van der Waals surface area contributed by atoms with Crippen molar-refractivity contribution in [3.8, 4) is 28.7 Å². The summed E-state index contributed by atoms with van der Waals surface area (Å²) in [6.07, 6.45) is -0.652. The summed E-state index contributed by atoms with van der Waals surface area (Å²) in [6, 6.07) is 14.8. The van der Waals surface area contributed by atoms with Crippen LogP contribution >= 0.6 is 11.8 Å². The fourth-order valence-corrected chi connectivity index (χ4v) is 3.01. The maximum Gasteiger partial charge on any atom is 0.276 e. The van der Waals surface area contributed by atoms with Crippen molar-refractivity contribution in [3.05, 3.63) is 48.5 Å². The Balaban J connectivity index is 1.31. The molecule has 2 aromatic carbocycles. The lowest BCUT2D eigenvalue weighted by molar-refractivity contribution is 0.126. The quantitative estimate of drug-likeness (QED) is 0.634. The summed E-state index contributed by atoms with van der Waals surface area (Å²) in [5.74, 6) is 2.85. The molecule has 2 heterocycles. The van der Waals surface area contributed by atoms with Crippen molar-refractivity contribution >= 4 is 11.8 Å². The van der Waals surface area contributed by atoms with Crippen molar-refractivity contribution in [2.75, 3.05) is 19.2 Å². The number of hydrogen-bond acceptors (Lipinski definition) is 8. The number of thioether (sulfide) groups is 1. The number of ether oxygens (including phenoxy) is 3. The second-order valence-electron chi connectivity index (χ2n) is 5.53. The molecule has 0 aliphatic carbocycles. The first kappa shape index (κ1) is 16.7. The lowest BCUT2D eigenvalue weighted by Gasteiger charge is -2.10. The summed E-state index contributed by atoms with van der Waals surface area (Å²) < 4.78 is 21.8. The zero-order chi connectivity index (χ0) is 17.8. The molecule has 1 aliphatic heterocycles. The van der Waals surface area contributed by atoms with Crippen molar-refractivity contribution < 1.29 is 23.7 Å². The number of benzene rings is 2. The summed E-state index contributed by atoms with van der Waals surface area (Å²) in [6.45, 7) is 0.410. The third kappa shape index (κ3) is 3.92. The summed E-state index contributed by atoms with van der Waals surface area (Å²) in [5.41, 5.74) is 0.751. The van der Waals surface area contributed by atoms with Crippen LogP contribution in [0.2, 0.25) is 0 Å². The van der Waals surface area contributed by atoms with Gasteiger partial charge >= 0.3 is 0 Å². The Kier molecular flexibility index (Phi) is 4.94. The topological polar surface area (TPSA) is 86.8 Å². The van der Waals surface area contributed by atoms with E-state index in [9.17, 15) is 5.11 Å². The van der Waals surface area contributed by atoms with E-state index in [2.05, 4.69) is 10.2 Å². The maximum absolute atomic E-state index is 10.0. The first-order chi connectivity index (χ1) is 12.8. The number of aliphatic hydroxyl groups is 1. The van der Waals surface area contributed by atoms with Crippen LogP contribution in [0.25, 0.3) is 11.5 Å². The molecule has 134 valence electrons. The SMILES string of the molecule is O[C@@H](COc1ccccc1)CSc1nnc(-c2ccc3c(c2)OCO3)o1. The molecular weight excluding hydrogens is 356 g/mol. The van der Waals surface area contributed by atoms with Crippen molar-refractivity contribution in [1.82, 2.24) is 10.2 Å². The third-order valence-corrected chi connectivity index (χ3v) is 4.57. The van der Waals surface area contributed by atoms with E-state index < -0.39 is 6.10 Å². The predicted octanol–water partition coefficient (Wildman–Crippen LogP) is 3.00. The van der Waals surface area contributed by atoms with Crippen molar-refractivity contribution in [1.29, 1.82) is 0 Å². The van der Waals surface area contributed by atoms with Gasteiger partial charge in [0.2, 0.25) is 12.7 Å². The molecule has 0 saturated heterocycles. The zero-order valence-corrected chi connectivity index (χ0v) is 14.5. The van der Waals surface area contributed by atoms with E-state index in [1.807, 2.05) is 36.4 Å². The van der Waals surface area contributed by atoms with Crippen molar-refractivity contribution in [3.63, 3.8) is 0 Å². The molecule has 8 heteroatoms.